The predicted octanol–water partition coefficient (Wildman–Crippen LogP) is 0.766. The number of rotatable bonds is 6. The SMILES string of the molecule is CC(C)(C)OC(=O)C1(C(=O)NCCCCO)CCCO1. The van der Waals surface area contributed by atoms with Gasteiger partial charge in [0.2, 0.25) is 5.60 Å². The highest BCUT2D eigenvalue weighted by Crippen LogP contribution is 2.29. The summed E-state index contributed by atoms with van der Waals surface area (Å²) in [6.07, 6.45) is 2.27. The van der Waals surface area contributed by atoms with Crippen molar-refractivity contribution in [3.05, 3.63) is 0 Å². The Balaban J connectivity index is 2.66. The molecule has 1 heterocycles. The minimum Gasteiger partial charge on any atom is -0.457 e. The molecular weight excluding hydrogens is 262 g/mol. The van der Waals surface area contributed by atoms with E-state index in [9.17, 15) is 9.59 Å². The summed E-state index contributed by atoms with van der Waals surface area (Å²) < 4.78 is 10.7. The number of esters is 1. The molecule has 6 nitrogen and oxygen atoms in total. The smallest absolute Gasteiger partial charge is 0.348 e. The number of hydrogen-bond acceptors (Lipinski definition) is 5. The molecule has 0 aromatic rings. The fourth-order valence-electron chi connectivity index (χ4n) is 2.01. The summed E-state index contributed by atoms with van der Waals surface area (Å²) >= 11 is 0. The predicted molar refractivity (Wildman–Crippen MR) is 73.1 cm³/mol. The molecule has 2 N–H and O–H groups in total. The summed E-state index contributed by atoms with van der Waals surface area (Å²) in [4.78, 5) is 24.5. The molecule has 0 bridgehead atoms. The van der Waals surface area contributed by atoms with Gasteiger partial charge in [-0.15, -0.1) is 0 Å². The molecule has 0 saturated carbocycles. The number of carbonyl (C=O) groups is 2. The number of aliphatic hydroxyl groups is 1. The Hall–Kier alpha value is -1.14. The van der Waals surface area contributed by atoms with Crippen LogP contribution in [0.4, 0.5) is 0 Å². The average Bonchev–Trinajstić information content (AvgIpc) is 2.83. The minimum atomic E-state index is -1.51. The van der Waals surface area contributed by atoms with Crippen LogP contribution in [-0.4, -0.2) is 47.9 Å². The Morgan fingerprint density at radius 2 is 2.05 bits per heavy atom. The van der Waals surface area contributed by atoms with Crippen molar-refractivity contribution in [3.63, 3.8) is 0 Å². The first-order valence-electron chi connectivity index (χ1n) is 7.08. The Morgan fingerprint density at radius 3 is 2.55 bits per heavy atom. The van der Waals surface area contributed by atoms with Gasteiger partial charge in [-0.2, -0.15) is 0 Å². The van der Waals surface area contributed by atoms with Crippen molar-refractivity contribution in [1.82, 2.24) is 5.32 Å². The molecule has 6 heteroatoms. The lowest BCUT2D eigenvalue weighted by Crippen LogP contribution is -2.54. The molecule has 0 aliphatic carbocycles. The molecule has 1 saturated heterocycles. The third-order valence-electron chi connectivity index (χ3n) is 2.99. The van der Waals surface area contributed by atoms with Crippen molar-refractivity contribution in [1.29, 1.82) is 0 Å². The van der Waals surface area contributed by atoms with Crippen LogP contribution in [0, 0.1) is 0 Å². The summed E-state index contributed by atoms with van der Waals surface area (Å²) in [6, 6.07) is 0. The van der Waals surface area contributed by atoms with Crippen LogP contribution in [-0.2, 0) is 19.1 Å². The monoisotopic (exact) mass is 287 g/mol. The van der Waals surface area contributed by atoms with Crippen molar-refractivity contribution >= 4 is 11.9 Å². The normalized spacial score (nSPS) is 22.6. The summed E-state index contributed by atoms with van der Waals surface area (Å²) in [7, 11) is 0. The number of carbonyl (C=O) groups excluding carboxylic acids is 2. The zero-order valence-corrected chi connectivity index (χ0v) is 12.5. The maximum Gasteiger partial charge on any atom is 0.348 e. The Kier molecular flexibility index (Phi) is 5.95. The standard InChI is InChI=1S/C14H25NO5/c1-13(2,3)20-12(18)14(7-6-10-19-14)11(17)15-8-4-5-9-16/h16H,4-10H2,1-3H3,(H,15,17). The van der Waals surface area contributed by atoms with Gasteiger partial charge in [0.15, 0.2) is 0 Å². The minimum absolute atomic E-state index is 0.0869. The third kappa shape index (κ3) is 4.45. The highest BCUT2D eigenvalue weighted by atomic mass is 16.6. The lowest BCUT2D eigenvalue weighted by molar-refractivity contribution is -0.182. The molecule has 1 aliphatic heterocycles. The van der Waals surface area contributed by atoms with Gasteiger partial charge in [0, 0.05) is 19.8 Å². The van der Waals surface area contributed by atoms with Crippen molar-refractivity contribution in [3.8, 4) is 0 Å². The van der Waals surface area contributed by atoms with Crippen LogP contribution in [0.2, 0.25) is 0 Å². The fourth-order valence-corrected chi connectivity index (χ4v) is 2.01. The van der Waals surface area contributed by atoms with E-state index in [0.29, 0.717) is 38.8 Å². The topological polar surface area (TPSA) is 84.9 Å². The second-order valence-corrected chi connectivity index (χ2v) is 5.97. The molecule has 1 fully saturated rings. The van der Waals surface area contributed by atoms with Gasteiger partial charge in [-0.05, 0) is 46.5 Å². The number of hydrogen-bond donors (Lipinski definition) is 2. The summed E-state index contributed by atoms with van der Waals surface area (Å²) in [5.74, 6) is -1.07. The van der Waals surface area contributed by atoms with E-state index in [4.69, 9.17) is 14.6 Å². The maximum atomic E-state index is 12.3. The van der Waals surface area contributed by atoms with Crippen LogP contribution in [0.3, 0.4) is 0 Å². The maximum absolute atomic E-state index is 12.3. The first-order chi connectivity index (χ1) is 9.32. The lowest BCUT2D eigenvalue weighted by Gasteiger charge is -2.29. The molecule has 1 aliphatic rings. The number of ether oxygens (including phenoxy) is 2. The molecule has 1 rings (SSSR count). The van der Waals surface area contributed by atoms with Crippen molar-refractivity contribution in [2.75, 3.05) is 19.8 Å². The van der Waals surface area contributed by atoms with Gasteiger partial charge in [-0.1, -0.05) is 0 Å². The van der Waals surface area contributed by atoms with Gasteiger partial charge in [0.1, 0.15) is 5.60 Å². The number of aliphatic hydroxyl groups excluding tert-OH is 1. The van der Waals surface area contributed by atoms with Crippen LogP contribution in [0.25, 0.3) is 0 Å². The van der Waals surface area contributed by atoms with Crippen molar-refractivity contribution in [2.45, 2.75) is 57.7 Å². The Morgan fingerprint density at radius 1 is 1.35 bits per heavy atom. The molecule has 1 unspecified atom stereocenters. The van der Waals surface area contributed by atoms with Gasteiger partial charge < -0.3 is 19.9 Å². The first kappa shape index (κ1) is 16.9. The van der Waals surface area contributed by atoms with E-state index in [1.165, 1.54) is 0 Å². The molecule has 0 spiro atoms. The lowest BCUT2D eigenvalue weighted by atomic mass is 9.98. The molecule has 1 amide bonds. The Bertz CT molecular complexity index is 342. The van der Waals surface area contributed by atoms with E-state index in [1.807, 2.05) is 0 Å². The van der Waals surface area contributed by atoms with Gasteiger partial charge in [0.25, 0.3) is 5.91 Å². The van der Waals surface area contributed by atoms with Gasteiger partial charge in [-0.25, -0.2) is 4.79 Å². The summed E-state index contributed by atoms with van der Waals surface area (Å²) in [5.41, 5.74) is -2.17. The van der Waals surface area contributed by atoms with E-state index < -0.39 is 23.1 Å². The van der Waals surface area contributed by atoms with Crippen LogP contribution in [0.15, 0.2) is 0 Å². The molecule has 0 aromatic carbocycles. The zero-order chi connectivity index (χ0) is 15.2. The Labute approximate surface area is 119 Å². The van der Waals surface area contributed by atoms with E-state index in [-0.39, 0.29) is 6.61 Å². The van der Waals surface area contributed by atoms with Gasteiger partial charge in [-0.3, -0.25) is 4.79 Å². The number of nitrogens with one attached hydrogen (secondary N) is 1. The summed E-state index contributed by atoms with van der Waals surface area (Å²) in [6.45, 7) is 6.15. The molecule has 116 valence electrons. The average molecular weight is 287 g/mol. The molecule has 0 radical (unpaired) electrons. The van der Waals surface area contributed by atoms with Crippen molar-refractivity contribution in [2.24, 2.45) is 0 Å². The van der Waals surface area contributed by atoms with Gasteiger partial charge >= 0.3 is 5.97 Å². The highest BCUT2D eigenvalue weighted by molar-refractivity contribution is 6.06. The zero-order valence-electron chi connectivity index (χ0n) is 12.5. The summed E-state index contributed by atoms with van der Waals surface area (Å²) in [5, 5.41) is 11.4. The third-order valence-corrected chi connectivity index (χ3v) is 2.99. The van der Waals surface area contributed by atoms with E-state index in [0.717, 1.165) is 0 Å². The second kappa shape index (κ2) is 7.04. The molecule has 0 aromatic heterocycles. The number of unbranched alkanes of at least 4 members (excludes halogenated alkanes) is 1. The van der Waals surface area contributed by atoms with E-state index >= 15 is 0 Å². The highest BCUT2D eigenvalue weighted by Gasteiger charge is 2.52. The van der Waals surface area contributed by atoms with Crippen LogP contribution in [0.5, 0.6) is 0 Å². The quantitative estimate of drug-likeness (QED) is 0.428. The first-order valence-corrected chi connectivity index (χ1v) is 7.08. The molecule has 1 atom stereocenters. The van der Waals surface area contributed by atoms with Gasteiger partial charge in [0.05, 0.1) is 0 Å². The van der Waals surface area contributed by atoms with Crippen LogP contribution in [0.1, 0.15) is 46.5 Å². The molecule has 20 heavy (non-hydrogen) atoms. The van der Waals surface area contributed by atoms with E-state index in [2.05, 4.69) is 5.32 Å². The number of amides is 1. The van der Waals surface area contributed by atoms with Crippen molar-refractivity contribution < 1.29 is 24.2 Å². The van der Waals surface area contributed by atoms with Crippen LogP contribution < -0.4 is 5.32 Å². The second-order valence-electron chi connectivity index (χ2n) is 5.97. The molecular formula is C14H25NO5. The van der Waals surface area contributed by atoms with Crippen LogP contribution >= 0.6 is 0 Å². The van der Waals surface area contributed by atoms with E-state index in [1.54, 1.807) is 20.8 Å². The largest absolute Gasteiger partial charge is 0.457 e. The fraction of sp³-hybridized carbons (Fsp3) is 0.857.